The van der Waals surface area contributed by atoms with Gasteiger partial charge in [0.2, 0.25) is 0 Å². The van der Waals surface area contributed by atoms with E-state index < -0.39 is 5.97 Å². The number of allylic oxidation sites excluding steroid dienone is 2. The third-order valence-electron chi connectivity index (χ3n) is 10.5. The molecule has 0 saturated heterocycles. The topological polar surface area (TPSA) is 139 Å². The van der Waals surface area contributed by atoms with Gasteiger partial charge in [0.05, 0.1) is 48.8 Å². The monoisotopic (exact) mass is 707 g/mol. The lowest BCUT2D eigenvalue weighted by Crippen LogP contribution is -2.25. The van der Waals surface area contributed by atoms with Crippen molar-refractivity contribution in [1.82, 2.24) is 25.3 Å². The van der Waals surface area contributed by atoms with Crippen LogP contribution in [0.2, 0.25) is 0 Å². The number of methoxy groups -OCH3 is 2. The zero-order valence-electron chi connectivity index (χ0n) is 31.8. The first-order valence-corrected chi connectivity index (χ1v) is 18.6. The lowest BCUT2D eigenvalue weighted by atomic mass is 9.92. The molecule has 1 amide bonds. The van der Waals surface area contributed by atoms with Crippen LogP contribution in [0.1, 0.15) is 133 Å². The maximum Gasteiger partial charge on any atom is 0.310 e. The molecular weight excluding hydrogens is 654 g/mol. The number of H-pyrrole nitrogens is 2. The lowest BCUT2D eigenvalue weighted by Gasteiger charge is -2.13. The Morgan fingerprint density at radius 3 is 2.31 bits per heavy atom. The maximum absolute atomic E-state index is 14.2. The number of hydrogen-bond acceptors (Lipinski definition) is 7. The van der Waals surface area contributed by atoms with E-state index in [1.165, 1.54) is 20.6 Å². The molecule has 1 atom stereocenters. The van der Waals surface area contributed by atoms with E-state index in [1.54, 1.807) is 0 Å². The highest BCUT2D eigenvalue weighted by molar-refractivity contribution is 6.06. The summed E-state index contributed by atoms with van der Waals surface area (Å²) in [4.78, 5) is 57.2. The highest BCUT2D eigenvalue weighted by atomic mass is 16.5. The fourth-order valence-electron chi connectivity index (χ4n) is 7.44. The number of aromatic nitrogens is 4. The van der Waals surface area contributed by atoms with Crippen molar-refractivity contribution in [2.75, 3.05) is 20.8 Å². The largest absolute Gasteiger partial charge is 0.469 e. The molecule has 0 radical (unpaired) electrons. The molecule has 10 heteroatoms. The Morgan fingerprint density at radius 2 is 1.62 bits per heavy atom. The smallest absolute Gasteiger partial charge is 0.310 e. The predicted octanol–water partition coefficient (Wildman–Crippen LogP) is 8.61. The standard InChI is InChI=1S/C42H53N5O5/c1-9-12-13-14-15-18-43-42(50)39-26(6)34-23-36-30(11-3)25(5)33(46-36)22-35-29(10-2)24(4)32(45-35)20-28-19-27(16-17-37(48)51-7)40(44-28)31(41(39)47-34)21-38(49)52-8/h10,20,22-23,27,45,47H,2,9,11-19,21H2,1,3-8H3,(H,43,50)/t27-/m0/s1. The molecule has 0 unspecified atom stereocenters. The number of nitrogens with zero attached hydrogens (tertiary/aromatic N) is 2. The van der Waals surface area contributed by atoms with Gasteiger partial charge in [-0.3, -0.25) is 19.4 Å². The molecule has 5 rings (SSSR count). The zero-order chi connectivity index (χ0) is 37.5. The number of carbonyl (C=O) groups excluding carboxylic acids is 3. The minimum atomic E-state index is -0.460. The van der Waals surface area contributed by atoms with Crippen molar-refractivity contribution in [2.45, 2.75) is 105 Å². The van der Waals surface area contributed by atoms with Gasteiger partial charge in [0.25, 0.3) is 5.91 Å². The summed E-state index contributed by atoms with van der Waals surface area (Å²) in [6, 6.07) is 6.10. The SMILES string of the molecule is C=Cc1c(C)c2cc3nc(c(CC(=O)OC)c4[nH]c(cc5nc(cc1[nH]2)C(C)=C5CC)c(C)c4C(=O)NCCCCCCC)[C@@H](CCC(=O)OC)C3. The molecule has 10 nitrogen and oxygen atoms in total. The second-order valence-corrected chi connectivity index (χ2v) is 13.8. The van der Waals surface area contributed by atoms with Gasteiger partial charge < -0.3 is 24.8 Å². The number of amides is 1. The van der Waals surface area contributed by atoms with Crippen molar-refractivity contribution in [1.29, 1.82) is 0 Å². The van der Waals surface area contributed by atoms with Gasteiger partial charge in [-0.05, 0) is 86.9 Å². The van der Waals surface area contributed by atoms with E-state index >= 15 is 0 Å². The molecule has 5 heterocycles. The van der Waals surface area contributed by atoms with Crippen molar-refractivity contribution in [3.05, 3.63) is 75.4 Å². The van der Waals surface area contributed by atoms with Crippen molar-refractivity contribution in [3.8, 4) is 0 Å². The lowest BCUT2D eigenvalue weighted by molar-refractivity contribution is -0.141. The van der Waals surface area contributed by atoms with Crippen LogP contribution in [-0.2, 0) is 31.9 Å². The van der Waals surface area contributed by atoms with E-state index in [9.17, 15) is 14.4 Å². The van der Waals surface area contributed by atoms with E-state index in [0.717, 1.165) is 93.6 Å². The summed E-state index contributed by atoms with van der Waals surface area (Å²) in [6.07, 6.45) is 9.03. The van der Waals surface area contributed by atoms with Crippen LogP contribution in [-0.4, -0.2) is 58.5 Å². The highest BCUT2D eigenvalue weighted by Gasteiger charge is 2.29. The number of unbranched alkanes of at least 4 members (excludes halogenated alkanes) is 4. The average molecular weight is 708 g/mol. The Balaban J connectivity index is 1.88. The number of carbonyl (C=O) groups is 3. The zero-order valence-corrected chi connectivity index (χ0v) is 31.8. The molecule has 276 valence electrons. The molecule has 3 aromatic rings. The van der Waals surface area contributed by atoms with Crippen LogP contribution in [0.15, 0.2) is 24.8 Å². The fourth-order valence-corrected chi connectivity index (χ4v) is 7.44. The van der Waals surface area contributed by atoms with Gasteiger partial charge in [-0.25, -0.2) is 4.98 Å². The molecule has 3 aromatic heterocycles. The molecule has 2 aliphatic heterocycles. The number of aromatic amines is 2. The van der Waals surface area contributed by atoms with Crippen LogP contribution in [0.25, 0.3) is 39.3 Å². The summed E-state index contributed by atoms with van der Waals surface area (Å²) >= 11 is 0. The van der Waals surface area contributed by atoms with Crippen molar-refractivity contribution >= 4 is 57.1 Å². The first-order chi connectivity index (χ1) is 25.0. The number of hydrogen-bond donors (Lipinski definition) is 3. The Morgan fingerprint density at radius 1 is 0.904 bits per heavy atom. The fraction of sp³-hybridized carbons (Fsp3) is 0.452. The van der Waals surface area contributed by atoms with Crippen molar-refractivity contribution < 1.29 is 23.9 Å². The normalized spacial score (nSPS) is 14.0. The summed E-state index contributed by atoms with van der Waals surface area (Å²) in [5.41, 5.74) is 12.1. The molecule has 0 aromatic carbocycles. The Labute approximate surface area is 306 Å². The first-order valence-electron chi connectivity index (χ1n) is 18.6. The summed E-state index contributed by atoms with van der Waals surface area (Å²) in [6.45, 7) is 15.0. The number of aryl methyl sites for hydroxylation is 2. The Bertz CT molecular complexity index is 2070. The molecule has 2 aliphatic rings. The Kier molecular flexibility index (Phi) is 12.5. The summed E-state index contributed by atoms with van der Waals surface area (Å²) in [5.74, 6) is -1.23. The summed E-state index contributed by atoms with van der Waals surface area (Å²) < 4.78 is 10.2. The first kappa shape index (κ1) is 38.2. The summed E-state index contributed by atoms with van der Waals surface area (Å²) in [7, 11) is 2.73. The quantitative estimate of drug-likeness (QED) is 0.113. The second-order valence-electron chi connectivity index (χ2n) is 13.8. The minimum absolute atomic E-state index is 0.118. The maximum atomic E-state index is 14.2. The van der Waals surface area contributed by atoms with Gasteiger partial charge in [-0.1, -0.05) is 52.2 Å². The van der Waals surface area contributed by atoms with Crippen LogP contribution in [0, 0.1) is 13.8 Å². The van der Waals surface area contributed by atoms with Crippen LogP contribution in [0.5, 0.6) is 0 Å². The van der Waals surface area contributed by atoms with Crippen LogP contribution in [0.3, 0.4) is 0 Å². The Hall–Kier alpha value is -4.99. The third-order valence-corrected chi connectivity index (χ3v) is 10.5. The molecular formula is C42H53N5O5. The number of nitrogens with one attached hydrogen (secondary N) is 3. The van der Waals surface area contributed by atoms with E-state index in [4.69, 9.17) is 19.4 Å². The van der Waals surface area contributed by atoms with Crippen LogP contribution < -0.4 is 5.32 Å². The van der Waals surface area contributed by atoms with Crippen LogP contribution in [0.4, 0.5) is 0 Å². The van der Waals surface area contributed by atoms with Crippen molar-refractivity contribution in [2.24, 2.45) is 0 Å². The number of fused-ring (bicyclic) bond motifs is 8. The molecule has 0 saturated carbocycles. The number of rotatable bonds is 14. The average Bonchev–Trinajstić information content (AvgIpc) is 3.85. The molecule has 3 N–H and O–H groups in total. The van der Waals surface area contributed by atoms with Gasteiger partial charge in [0.15, 0.2) is 0 Å². The van der Waals surface area contributed by atoms with Gasteiger partial charge in [0.1, 0.15) is 0 Å². The van der Waals surface area contributed by atoms with Crippen LogP contribution >= 0.6 is 0 Å². The van der Waals surface area contributed by atoms with E-state index in [1.807, 2.05) is 32.1 Å². The number of esters is 2. The predicted molar refractivity (Wildman–Crippen MR) is 208 cm³/mol. The van der Waals surface area contributed by atoms with E-state index in [0.29, 0.717) is 41.7 Å². The van der Waals surface area contributed by atoms with Gasteiger partial charge in [-0.15, -0.1) is 0 Å². The molecule has 0 fully saturated rings. The van der Waals surface area contributed by atoms with Gasteiger partial charge in [-0.2, -0.15) is 0 Å². The molecule has 0 aliphatic carbocycles. The second kappa shape index (κ2) is 17.0. The van der Waals surface area contributed by atoms with Gasteiger partial charge in [0, 0.05) is 52.3 Å². The van der Waals surface area contributed by atoms with Gasteiger partial charge >= 0.3 is 11.9 Å². The van der Waals surface area contributed by atoms with E-state index in [-0.39, 0.29) is 30.6 Å². The minimum Gasteiger partial charge on any atom is -0.469 e. The number of ether oxygens (including phenoxy) is 2. The van der Waals surface area contributed by atoms with E-state index in [2.05, 4.69) is 48.7 Å². The van der Waals surface area contributed by atoms with Crippen molar-refractivity contribution in [3.63, 3.8) is 0 Å². The molecule has 8 bridgehead atoms. The molecule has 52 heavy (non-hydrogen) atoms. The third kappa shape index (κ3) is 8.06. The summed E-state index contributed by atoms with van der Waals surface area (Å²) in [5, 5.41) is 3.16. The molecule has 0 spiro atoms. The highest BCUT2D eigenvalue weighted by Crippen LogP contribution is 2.37.